The number of aryl methyl sites for hydroxylation is 1. The number of hydrogen-bond acceptors (Lipinski definition) is 6. The van der Waals surface area contributed by atoms with Gasteiger partial charge < -0.3 is 15.0 Å². The molecule has 0 unspecified atom stereocenters. The number of ether oxygens (including phenoxy) is 1. The van der Waals surface area contributed by atoms with E-state index in [1.165, 1.54) is 17.9 Å². The number of nitrogen functional groups attached to an aromatic ring is 1. The number of nitrogens with zero attached hydrogens (tertiary/aromatic N) is 2. The molecular weight excluding hydrogens is 308 g/mol. The van der Waals surface area contributed by atoms with Gasteiger partial charge in [-0.1, -0.05) is 0 Å². The summed E-state index contributed by atoms with van der Waals surface area (Å²) in [5.41, 5.74) is 6.49. The number of hydrogen-bond donors (Lipinski definition) is 2. The smallest absolute Gasteiger partial charge is 0.292 e. The van der Waals surface area contributed by atoms with Crippen LogP contribution in [0.15, 0.2) is 29.2 Å². The average molecular weight is 324 g/mol. The van der Waals surface area contributed by atoms with E-state index in [0.717, 1.165) is 6.26 Å². The summed E-state index contributed by atoms with van der Waals surface area (Å²) < 4.78 is 31.6. The van der Waals surface area contributed by atoms with Gasteiger partial charge in [-0.2, -0.15) is 0 Å². The van der Waals surface area contributed by atoms with Gasteiger partial charge in [0.1, 0.15) is 5.75 Å². The maximum atomic E-state index is 11.6. The van der Waals surface area contributed by atoms with Crippen LogP contribution in [0.3, 0.4) is 0 Å². The second-order valence-corrected chi connectivity index (χ2v) is 6.47. The summed E-state index contributed by atoms with van der Waals surface area (Å²) in [7, 11) is -0.468. The number of anilines is 2. The Morgan fingerprint density at radius 1 is 1.36 bits per heavy atom. The van der Waals surface area contributed by atoms with Gasteiger partial charge in [0.2, 0.25) is 10.0 Å². The lowest BCUT2D eigenvalue weighted by Gasteiger charge is -2.12. The van der Waals surface area contributed by atoms with E-state index in [4.69, 9.17) is 10.5 Å². The first kappa shape index (κ1) is 15.8. The molecule has 1 aromatic carbocycles. The zero-order chi connectivity index (χ0) is 16.5. The third-order valence-corrected chi connectivity index (χ3v) is 3.48. The number of benzene rings is 1. The normalized spacial score (nSPS) is 11.2. The number of sulfonamides is 1. The van der Waals surface area contributed by atoms with Crippen molar-refractivity contribution < 1.29 is 13.2 Å². The third-order valence-electron chi connectivity index (χ3n) is 2.89. The van der Waals surface area contributed by atoms with Crippen LogP contribution in [0.25, 0.3) is 11.3 Å². The predicted octanol–water partition coefficient (Wildman–Crippen LogP) is 0.410. The molecule has 22 heavy (non-hydrogen) atoms. The van der Waals surface area contributed by atoms with E-state index in [2.05, 4.69) is 9.71 Å². The van der Waals surface area contributed by atoms with E-state index in [-0.39, 0.29) is 11.5 Å². The van der Waals surface area contributed by atoms with Gasteiger partial charge in [0.25, 0.3) is 5.56 Å². The minimum absolute atomic E-state index is 0.131. The number of nitrogens with two attached hydrogens (primary N) is 1. The summed E-state index contributed by atoms with van der Waals surface area (Å²) in [5.74, 6) is 0.236. The number of aromatic nitrogens is 2. The van der Waals surface area contributed by atoms with Crippen molar-refractivity contribution in [2.75, 3.05) is 23.8 Å². The molecule has 1 aromatic heterocycles. The van der Waals surface area contributed by atoms with Crippen LogP contribution in [-0.4, -0.2) is 31.3 Å². The summed E-state index contributed by atoms with van der Waals surface area (Å²) >= 11 is 0. The lowest BCUT2D eigenvalue weighted by molar-refractivity contribution is 0.417. The monoisotopic (exact) mass is 324 g/mol. The molecule has 1 heterocycles. The molecule has 118 valence electrons. The molecule has 0 spiro atoms. The first-order valence-electron chi connectivity index (χ1n) is 6.20. The minimum Gasteiger partial charge on any atom is -0.495 e. The SMILES string of the molecule is COc1ccc(-c2cn(C)c(=O)c(N)n2)cc1NS(C)(=O)=O. The highest BCUT2D eigenvalue weighted by Gasteiger charge is 2.12. The molecule has 0 amide bonds. The second-order valence-electron chi connectivity index (χ2n) is 4.72. The van der Waals surface area contributed by atoms with Crippen molar-refractivity contribution in [3.05, 3.63) is 34.7 Å². The quantitative estimate of drug-likeness (QED) is 0.841. The van der Waals surface area contributed by atoms with Gasteiger partial charge in [-0.25, -0.2) is 13.4 Å². The molecule has 2 aromatic rings. The molecule has 0 aliphatic heterocycles. The molecule has 0 saturated carbocycles. The highest BCUT2D eigenvalue weighted by molar-refractivity contribution is 7.92. The molecule has 0 aliphatic carbocycles. The number of nitrogens with one attached hydrogen (secondary N) is 1. The zero-order valence-electron chi connectivity index (χ0n) is 12.3. The zero-order valence-corrected chi connectivity index (χ0v) is 13.1. The van der Waals surface area contributed by atoms with Crippen molar-refractivity contribution in [3.63, 3.8) is 0 Å². The summed E-state index contributed by atoms with van der Waals surface area (Å²) in [6, 6.07) is 4.86. The summed E-state index contributed by atoms with van der Waals surface area (Å²) in [6.07, 6.45) is 2.56. The van der Waals surface area contributed by atoms with Crippen LogP contribution in [0.5, 0.6) is 5.75 Å². The summed E-state index contributed by atoms with van der Waals surface area (Å²) in [5, 5.41) is 0. The number of methoxy groups -OCH3 is 1. The maximum Gasteiger partial charge on any atom is 0.292 e. The van der Waals surface area contributed by atoms with Gasteiger partial charge in [0, 0.05) is 18.8 Å². The third kappa shape index (κ3) is 3.37. The Hall–Kier alpha value is -2.55. The topological polar surface area (TPSA) is 116 Å². The maximum absolute atomic E-state index is 11.6. The van der Waals surface area contributed by atoms with Crippen LogP contribution in [0.1, 0.15) is 0 Å². The van der Waals surface area contributed by atoms with E-state index < -0.39 is 15.6 Å². The van der Waals surface area contributed by atoms with Crippen molar-refractivity contribution in [1.82, 2.24) is 9.55 Å². The first-order chi connectivity index (χ1) is 10.2. The molecular formula is C13H16N4O4S. The van der Waals surface area contributed by atoms with E-state index in [1.807, 2.05) is 0 Å². The molecule has 2 rings (SSSR count). The summed E-state index contributed by atoms with van der Waals surface area (Å²) in [4.78, 5) is 15.6. The van der Waals surface area contributed by atoms with E-state index in [1.54, 1.807) is 25.2 Å². The first-order valence-corrected chi connectivity index (χ1v) is 8.10. The van der Waals surface area contributed by atoms with Crippen molar-refractivity contribution in [1.29, 1.82) is 0 Å². The van der Waals surface area contributed by atoms with Gasteiger partial charge >= 0.3 is 0 Å². The van der Waals surface area contributed by atoms with Crippen LogP contribution >= 0.6 is 0 Å². The minimum atomic E-state index is -3.46. The Kier molecular flexibility index (Phi) is 4.09. The summed E-state index contributed by atoms with van der Waals surface area (Å²) in [6.45, 7) is 0. The molecule has 0 aliphatic rings. The Morgan fingerprint density at radius 2 is 2.05 bits per heavy atom. The van der Waals surface area contributed by atoms with Crippen LogP contribution in [0.4, 0.5) is 11.5 Å². The lowest BCUT2D eigenvalue weighted by Crippen LogP contribution is -2.21. The van der Waals surface area contributed by atoms with Crippen molar-refractivity contribution in [3.8, 4) is 17.0 Å². The van der Waals surface area contributed by atoms with E-state index in [9.17, 15) is 13.2 Å². The molecule has 0 radical (unpaired) electrons. The second kappa shape index (κ2) is 5.68. The average Bonchev–Trinajstić information content (AvgIpc) is 2.42. The van der Waals surface area contributed by atoms with Gasteiger partial charge in [0.15, 0.2) is 5.82 Å². The van der Waals surface area contributed by atoms with E-state index >= 15 is 0 Å². The van der Waals surface area contributed by atoms with Crippen molar-refractivity contribution >= 4 is 21.5 Å². The van der Waals surface area contributed by atoms with Crippen LogP contribution < -0.4 is 20.8 Å². The van der Waals surface area contributed by atoms with Crippen molar-refractivity contribution in [2.24, 2.45) is 7.05 Å². The van der Waals surface area contributed by atoms with Gasteiger partial charge in [-0.15, -0.1) is 0 Å². The largest absolute Gasteiger partial charge is 0.495 e. The lowest BCUT2D eigenvalue weighted by atomic mass is 10.1. The van der Waals surface area contributed by atoms with E-state index in [0.29, 0.717) is 17.0 Å². The highest BCUT2D eigenvalue weighted by atomic mass is 32.2. The molecule has 0 saturated heterocycles. The van der Waals surface area contributed by atoms with Crippen LogP contribution in [-0.2, 0) is 17.1 Å². The van der Waals surface area contributed by atoms with Gasteiger partial charge in [-0.05, 0) is 18.2 Å². The van der Waals surface area contributed by atoms with Crippen LogP contribution in [0.2, 0.25) is 0 Å². The molecule has 8 nitrogen and oxygen atoms in total. The molecule has 0 bridgehead atoms. The van der Waals surface area contributed by atoms with Crippen LogP contribution in [0, 0.1) is 0 Å². The fraction of sp³-hybridized carbons (Fsp3) is 0.231. The molecule has 0 atom stereocenters. The fourth-order valence-corrected chi connectivity index (χ4v) is 2.47. The fourth-order valence-electron chi connectivity index (χ4n) is 1.92. The number of rotatable bonds is 4. The Morgan fingerprint density at radius 3 is 2.59 bits per heavy atom. The van der Waals surface area contributed by atoms with Gasteiger partial charge in [-0.3, -0.25) is 9.52 Å². The molecule has 9 heteroatoms. The Balaban J connectivity index is 2.58. The predicted molar refractivity (Wildman–Crippen MR) is 84.3 cm³/mol. The van der Waals surface area contributed by atoms with Crippen molar-refractivity contribution in [2.45, 2.75) is 0 Å². The van der Waals surface area contributed by atoms with Gasteiger partial charge in [0.05, 0.1) is 24.7 Å². The standard InChI is InChI=1S/C13H16N4O4S/c1-17-7-10(15-12(14)13(17)18)8-4-5-11(21-2)9(6-8)16-22(3,19)20/h4-7,16H,1-3H3,(H2,14,15). The Labute approximate surface area is 127 Å². The Bertz CT molecular complexity index is 848. The highest BCUT2D eigenvalue weighted by Crippen LogP contribution is 2.30. The molecule has 0 fully saturated rings. The molecule has 3 N–H and O–H groups in total.